The summed E-state index contributed by atoms with van der Waals surface area (Å²) >= 11 is 4.09. The third-order valence-corrected chi connectivity index (χ3v) is 5.58. The molecule has 16 heavy (non-hydrogen) atoms. The molecule has 2 N–H and O–H groups in total. The van der Waals surface area contributed by atoms with E-state index in [1.165, 1.54) is 6.92 Å². The highest BCUT2D eigenvalue weighted by molar-refractivity contribution is 9.11. The first-order chi connectivity index (χ1) is 7.24. The molecule has 0 aliphatic heterocycles. The zero-order valence-corrected chi connectivity index (χ0v) is 11.6. The Balaban J connectivity index is 2.99. The number of nitrogens with zero attached hydrogens (tertiary/aromatic N) is 1. The Hall–Kier alpha value is -0.510. The maximum absolute atomic E-state index is 11.7. The van der Waals surface area contributed by atoms with Crippen molar-refractivity contribution in [2.45, 2.75) is 24.2 Å². The zero-order valence-electron chi connectivity index (χ0n) is 8.39. The number of aliphatic carboxylic acids is 1. The average Bonchev–Trinajstić information content (AvgIpc) is 2.47. The van der Waals surface area contributed by atoms with E-state index in [-0.39, 0.29) is 4.34 Å². The van der Waals surface area contributed by atoms with Crippen molar-refractivity contribution in [1.29, 1.82) is 0 Å². The van der Waals surface area contributed by atoms with Crippen LogP contribution in [0.25, 0.3) is 0 Å². The number of carboxylic acids is 1. The Kier molecular flexibility index (Phi) is 4.05. The molecule has 1 atom stereocenters. The smallest absolute Gasteiger partial charge is 0.321 e. The van der Waals surface area contributed by atoms with Gasteiger partial charge in [0, 0.05) is 0 Å². The number of aryl methyl sites for hydroxylation is 1. The fourth-order valence-electron chi connectivity index (χ4n) is 0.803. The number of carbonyl (C=O) groups is 1. The Morgan fingerprint density at radius 2 is 2.19 bits per heavy atom. The number of sulfonamides is 1. The third kappa shape index (κ3) is 3.00. The molecule has 0 amide bonds. The first kappa shape index (κ1) is 13.6. The molecular weight excluding hydrogens is 320 g/mol. The van der Waals surface area contributed by atoms with Crippen molar-refractivity contribution in [1.82, 2.24) is 9.71 Å². The number of halogens is 1. The summed E-state index contributed by atoms with van der Waals surface area (Å²) < 4.78 is 25.8. The summed E-state index contributed by atoms with van der Waals surface area (Å²) in [5, 5.41) is 8.60. The fraction of sp³-hybridized carbons (Fsp3) is 0.429. The van der Waals surface area contributed by atoms with E-state index in [1.54, 1.807) is 6.92 Å². The van der Waals surface area contributed by atoms with Gasteiger partial charge >= 0.3 is 5.97 Å². The highest BCUT2D eigenvalue weighted by Gasteiger charge is 2.25. The first-order valence-electron chi connectivity index (χ1n) is 4.12. The van der Waals surface area contributed by atoms with Crippen LogP contribution in [0.2, 0.25) is 0 Å². The van der Waals surface area contributed by atoms with Gasteiger partial charge in [0.05, 0.1) is 9.48 Å². The normalized spacial score (nSPS) is 13.7. The van der Waals surface area contributed by atoms with Crippen molar-refractivity contribution in [2.75, 3.05) is 0 Å². The second kappa shape index (κ2) is 4.78. The maximum atomic E-state index is 11.7. The molecule has 90 valence electrons. The lowest BCUT2D eigenvalue weighted by atomic mass is 10.4. The van der Waals surface area contributed by atoms with Crippen LogP contribution in [0.4, 0.5) is 0 Å². The van der Waals surface area contributed by atoms with E-state index in [1.807, 2.05) is 4.72 Å². The van der Waals surface area contributed by atoms with Gasteiger partial charge in [-0.05, 0) is 29.8 Å². The molecule has 6 nitrogen and oxygen atoms in total. The summed E-state index contributed by atoms with van der Waals surface area (Å²) in [4.78, 5) is 14.3. The largest absolute Gasteiger partial charge is 0.480 e. The summed E-state index contributed by atoms with van der Waals surface area (Å²) in [5.74, 6) is -1.24. The lowest BCUT2D eigenvalue weighted by Gasteiger charge is -2.07. The van der Waals surface area contributed by atoms with Crippen LogP contribution in [0, 0.1) is 6.92 Å². The van der Waals surface area contributed by atoms with Gasteiger partial charge in [-0.3, -0.25) is 4.79 Å². The second-order valence-electron chi connectivity index (χ2n) is 3.02. The van der Waals surface area contributed by atoms with Crippen molar-refractivity contribution in [3.63, 3.8) is 0 Å². The van der Waals surface area contributed by atoms with E-state index in [0.717, 1.165) is 11.3 Å². The predicted octanol–water partition coefficient (Wildman–Crippen LogP) is 0.965. The number of carboxylic acid groups (broad SMARTS) is 1. The van der Waals surface area contributed by atoms with E-state index in [2.05, 4.69) is 20.9 Å². The number of rotatable bonds is 4. The van der Waals surface area contributed by atoms with Crippen molar-refractivity contribution in [2.24, 2.45) is 0 Å². The standard InChI is InChI=1S/C7H9BrN2O4S2/c1-3-5(8)15-7(9-3)16(13,14)10-4(2)6(11)12/h4,10H,1-2H3,(H,11,12)/t4-/m1/s1. The molecule has 0 bridgehead atoms. The van der Waals surface area contributed by atoms with Gasteiger partial charge in [-0.1, -0.05) is 11.3 Å². The molecule has 0 saturated carbocycles. The van der Waals surface area contributed by atoms with Crippen LogP contribution in [0.1, 0.15) is 12.6 Å². The van der Waals surface area contributed by atoms with Gasteiger partial charge in [-0.15, -0.1) is 0 Å². The molecule has 0 aromatic carbocycles. The number of hydrogen-bond acceptors (Lipinski definition) is 5. The van der Waals surface area contributed by atoms with E-state index in [4.69, 9.17) is 5.11 Å². The summed E-state index contributed by atoms with van der Waals surface area (Å²) in [6, 6.07) is -1.19. The van der Waals surface area contributed by atoms with Crippen molar-refractivity contribution < 1.29 is 18.3 Å². The van der Waals surface area contributed by atoms with Gasteiger partial charge < -0.3 is 5.11 Å². The van der Waals surface area contributed by atoms with Crippen LogP contribution in [0.3, 0.4) is 0 Å². The minimum Gasteiger partial charge on any atom is -0.480 e. The number of aromatic nitrogens is 1. The van der Waals surface area contributed by atoms with Crippen LogP contribution in [-0.2, 0) is 14.8 Å². The monoisotopic (exact) mass is 328 g/mol. The van der Waals surface area contributed by atoms with E-state index >= 15 is 0 Å². The van der Waals surface area contributed by atoms with Crippen LogP contribution >= 0.6 is 27.3 Å². The van der Waals surface area contributed by atoms with Crippen LogP contribution < -0.4 is 4.72 Å². The quantitative estimate of drug-likeness (QED) is 0.858. The zero-order chi connectivity index (χ0) is 12.5. The van der Waals surface area contributed by atoms with Crippen LogP contribution in [0.15, 0.2) is 8.13 Å². The van der Waals surface area contributed by atoms with E-state index in [9.17, 15) is 13.2 Å². The van der Waals surface area contributed by atoms with Crippen LogP contribution in [0.5, 0.6) is 0 Å². The van der Waals surface area contributed by atoms with Crippen molar-refractivity contribution in [3.05, 3.63) is 9.48 Å². The molecule has 0 fully saturated rings. The van der Waals surface area contributed by atoms with Gasteiger partial charge in [-0.25, -0.2) is 13.4 Å². The Labute approximate surface area is 105 Å². The van der Waals surface area contributed by atoms with Gasteiger partial charge in [0.15, 0.2) is 0 Å². The molecule has 1 heterocycles. The van der Waals surface area contributed by atoms with Crippen molar-refractivity contribution in [3.8, 4) is 0 Å². The predicted molar refractivity (Wildman–Crippen MR) is 62.0 cm³/mol. The summed E-state index contributed by atoms with van der Waals surface area (Å²) in [7, 11) is -3.86. The van der Waals surface area contributed by atoms with E-state index < -0.39 is 22.0 Å². The minimum atomic E-state index is -3.86. The molecular formula is C7H9BrN2O4S2. The van der Waals surface area contributed by atoms with Gasteiger partial charge in [0.25, 0.3) is 10.0 Å². The molecule has 1 aromatic rings. The first-order valence-corrected chi connectivity index (χ1v) is 7.21. The molecule has 0 saturated heterocycles. The summed E-state index contributed by atoms with van der Waals surface area (Å²) in [6.45, 7) is 2.90. The molecule has 0 aliphatic carbocycles. The van der Waals surface area contributed by atoms with Gasteiger partial charge in [0.2, 0.25) is 4.34 Å². The number of thiazole rings is 1. The lowest BCUT2D eigenvalue weighted by Crippen LogP contribution is -2.38. The molecule has 0 radical (unpaired) electrons. The van der Waals surface area contributed by atoms with Crippen LogP contribution in [-0.4, -0.2) is 30.5 Å². The average molecular weight is 329 g/mol. The molecule has 1 rings (SSSR count). The lowest BCUT2D eigenvalue weighted by molar-refractivity contribution is -0.138. The molecule has 0 aliphatic rings. The van der Waals surface area contributed by atoms with Gasteiger partial charge in [0.1, 0.15) is 6.04 Å². The molecule has 1 aromatic heterocycles. The highest BCUT2D eigenvalue weighted by Crippen LogP contribution is 2.27. The number of nitrogens with one attached hydrogen (secondary N) is 1. The summed E-state index contributed by atoms with van der Waals surface area (Å²) in [5.41, 5.74) is 0.549. The maximum Gasteiger partial charge on any atom is 0.321 e. The third-order valence-electron chi connectivity index (χ3n) is 1.65. The Bertz CT molecular complexity index is 491. The molecule has 9 heteroatoms. The SMILES string of the molecule is Cc1nc(S(=O)(=O)N[C@H](C)C(=O)O)sc1Br. The van der Waals surface area contributed by atoms with Crippen molar-refractivity contribution >= 4 is 43.3 Å². The van der Waals surface area contributed by atoms with E-state index in [0.29, 0.717) is 9.48 Å². The second-order valence-corrected chi connectivity index (χ2v) is 7.22. The highest BCUT2D eigenvalue weighted by atomic mass is 79.9. The molecule has 0 unspecified atom stereocenters. The Morgan fingerprint density at radius 1 is 1.62 bits per heavy atom. The van der Waals surface area contributed by atoms with Gasteiger partial charge in [-0.2, -0.15) is 4.72 Å². The Morgan fingerprint density at radius 3 is 2.56 bits per heavy atom. The number of hydrogen-bond donors (Lipinski definition) is 2. The summed E-state index contributed by atoms with van der Waals surface area (Å²) in [6.07, 6.45) is 0. The minimum absolute atomic E-state index is 0.148. The topological polar surface area (TPSA) is 96.4 Å². The fourth-order valence-corrected chi connectivity index (χ4v) is 3.96. The molecule has 0 spiro atoms.